The molecule has 0 atom stereocenters. The molecule has 2 aromatic rings. The van der Waals surface area contributed by atoms with E-state index in [0.717, 1.165) is 5.39 Å². The van der Waals surface area contributed by atoms with E-state index in [4.69, 9.17) is 5.11 Å². The molecule has 0 aliphatic rings. The van der Waals surface area contributed by atoms with Crippen molar-refractivity contribution in [2.45, 2.75) is 6.54 Å². The van der Waals surface area contributed by atoms with Crippen LogP contribution in [0.1, 0.15) is 0 Å². The number of carboxylic acid groups (broad SMARTS) is 1. The van der Waals surface area contributed by atoms with Crippen LogP contribution in [0.5, 0.6) is 0 Å². The van der Waals surface area contributed by atoms with Crippen molar-refractivity contribution in [2.75, 3.05) is 0 Å². The van der Waals surface area contributed by atoms with E-state index in [0.29, 0.717) is 5.52 Å². The molecule has 0 saturated heterocycles. The predicted molar refractivity (Wildman–Crippen MR) is 47.3 cm³/mol. The molecule has 4 nitrogen and oxygen atoms in total. The summed E-state index contributed by atoms with van der Waals surface area (Å²) in [6.07, 6.45) is 1.51. The van der Waals surface area contributed by atoms with E-state index in [1.807, 2.05) is 0 Å². The van der Waals surface area contributed by atoms with E-state index < -0.39 is 11.8 Å². The highest BCUT2D eigenvalue weighted by atomic mass is 19.1. The first kappa shape index (κ1) is 8.68. The molecule has 14 heavy (non-hydrogen) atoms. The normalized spacial score (nSPS) is 10.6. The zero-order chi connectivity index (χ0) is 10.1. The molecule has 5 heteroatoms. The molecular formula is C9H7FN2O2. The second-order valence-electron chi connectivity index (χ2n) is 2.90. The van der Waals surface area contributed by atoms with Crippen molar-refractivity contribution in [1.82, 2.24) is 9.78 Å². The summed E-state index contributed by atoms with van der Waals surface area (Å²) < 4.78 is 14.1. The molecule has 0 fully saturated rings. The minimum Gasteiger partial charge on any atom is -0.480 e. The molecule has 72 valence electrons. The highest BCUT2D eigenvalue weighted by Crippen LogP contribution is 2.14. The second kappa shape index (κ2) is 3.10. The minimum absolute atomic E-state index is 0.257. The van der Waals surface area contributed by atoms with Crippen molar-refractivity contribution >= 4 is 16.9 Å². The molecule has 2 rings (SSSR count). The summed E-state index contributed by atoms with van der Waals surface area (Å²) in [5, 5.41) is 13.1. The number of carbonyl (C=O) groups is 1. The maximum Gasteiger partial charge on any atom is 0.325 e. The Hall–Kier alpha value is -1.91. The first-order chi connectivity index (χ1) is 6.66. The number of halogens is 1. The van der Waals surface area contributed by atoms with Crippen LogP contribution in [0, 0.1) is 5.82 Å². The summed E-state index contributed by atoms with van der Waals surface area (Å²) in [6, 6.07) is 4.15. The second-order valence-corrected chi connectivity index (χ2v) is 2.90. The van der Waals surface area contributed by atoms with Gasteiger partial charge in [0.2, 0.25) is 0 Å². The number of hydrogen-bond donors (Lipinski definition) is 1. The van der Waals surface area contributed by atoms with Gasteiger partial charge in [0, 0.05) is 5.39 Å². The summed E-state index contributed by atoms with van der Waals surface area (Å²) in [7, 11) is 0. The molecule has 0 aliphatic carbocycles. The number of aliphatic carboxylic acids is 1. The van der Waals surface area contributed by atoms with Crippen LogP contribution in [0.2, 0.25) is 0 Å². The number of aromatic nitrogens is 2. The van der Waals surface area contributed by atoms with Crippen molar-refractivity contribution in [3.05, 3.63) is 30.2 Å². The Morgan fingerprint density at radius 3 is 3.07 bits per heavy atom. The SMILES string of the molecule is O=C(O)Cn1ncc2ccc(F)cc21. The van der Waals surface area contributed by atoms with Crippen LogP contribution in [-0.2, 0) is 11.3 Å². The Labute approximate surface area is 78.6 Å². The number of rotatable bonds is 2. The highest BCUT2D eigenvalue weighted by molar-refractivity contribution is 5.80. The van der Waals surface area contributed by atoms with Crippen LogP contribution in [0.25, 0.3) is 10.9 Å². The van der Waals surface area contributed by atoms with Gasteiger partial charge in [0.25, 0.3) is 0 Å². The van der Waals surface area contributed by atoms with Gasteiger partial charge in [-0.1, -0.05) is 0 Å². The Morgan fingerprint density at radius 2 is 2.36 bits per heavy atom. The van der Waals surface area contributed by atoms with E-state index in [9.17, 15) is 9.18 Å². The molecular weight excluding hydrogens is 187 g/mol. The van der Waals surface area contributed by atoms with Gasteiger partial charge < -0.3 is 5.11 Å². The van der Waals surface area contributed by atoms with Gasteiger partial charge in [-0.05, 0) is 18.2 Å². The average molecular weight is 194 g/mol. The fraction of sp³-hybridized carbons (Fsp3) is 0.111. The van der Waals surface area contributed by atoms with E-state index in [1.165, 1.54) is 23.0 Å². The predicted octanol–water partition coefficient (Wildman–Crippen LogP) is 1.26. The lowest BCUT2D eigenvalue weighted by Crippen LogP contribution is -2.09. The Morgan fingerprint density at radius 1 is 1.57 bits per heavy atom. The summed E-state index contributed by atoms with van der Waals surface area (Å²) in [5.41, 5.74) is 0.493. The van der Waals surface area contributed by atoms with E-state index in [2.05, 4.69) is 5.10 Å². The lowest BCUT2D eigenvalue weighted by Gasteiger charge is -1.98. The number of benzene rings is 1. The van der Waals surface area contributed by atoms with Gasteiger partial charge >= 0.3 is 5.97 Å². The summed E-state index contributed by atoms with van der Waals surface area (Å²) in [4.78, 5) is 10.4. The monoisotopic (exact) mass is 194 g/mol. The fourth-order valence-electron chi connectivity index (χ4n) is 1.30. The maximum absolute atomic E-state index is 12.8. The number of nitrogens with zero attached hydrogens (tertiary/aromatic N) is 2. The van der Waals surface area contributed by atoms with Gasteiger partial charge in [0.15, 0.2) is 0 Å². The number of carboxylic acids is 1. The van der Waals surface area contributed by atoms with Crippen LogP contribution in [0.3, 0.4) is 0 Å². The Balaban J connectivity index is 2.55. The molecule has 1 aromatic carbocycles. The molecule has 0 spiro atoms. The molecule has 0 radical (unpaired) electrons. The first-order valence-corrected chi connectivity index (χ1v) is 4.00. The van der Waals surface area contributed by atoms with Crippen molar-refractivity contribution in [3.63, 3.8) is 0 Å². The third-order valence-electron chi connectivity index (χ3n) is 1.89. The smallest absolute Gasteiger partial charge is 0.325 e. The van der Waals surface area contributed by atoms with Crippen molar-refractivity contribution in [3.8, 4) is 0 Å². The van der Waals surface area contributed by atoms with Crippen LogP contribution < -0.4 is 0 Å². The number of fused-ring (bicyclic) bond motifs is 1. The zero-order valence-corrected chi connectivity index (χ0v) is 7.14. The molecule has 0 aliphatic heterocycles. The van der Waals surface area contributed by atoms with E-state index in [-0.39, 0.29) is 6.54 Å². The summed E-state index contributed by atoms with van der Waals surface area (Å²) >= 11 is 0. The van der Waals surface area contributed by atoms with E-state index in [1.54, 1.807) is 6.07 Å². The quantitative estimate of drug-likeness (QED) is 0.782. The largest absolute Gasteiger partial charge is 0.480 e. The van der Waals surface area contributed by atoms with Gasteiger partial charge in [-0.2, -0.15) is 5.10 Å². The standard InChI is InChI=1S/C9H7FN2O2/c10-7-2-1-6-4-11-12(5-9(13)14)8(6)3-7/h1-4H,5H2,(H,13,14). The summed E-state index contributed by atoms with van der Waals surface area (Å²) in [6.45, 7) is -0.257. The maximum atomic E-state index is 12.8. The molecule has 0 saturated carbocycles. The Bertz CT molecular complexity index is 493. The van der Waals surface area contributed by atoms with Crippen LogP contribution in [0.15, 0.2) is 24.4 Å². The topological polar surface area (TPSA) is 55.1 Å². The van der Waals surface area contributed by atoms with Crippen LogP contribution >= 0.6 is 0 Å². The van der Waals surface area contributed by atoms with Gasteiger partial charge in [-0.25, -0.2) is 4.39 Å². The van der Waals surface area contributed by atoms with Crippen molar-refractivity contribution in [2.24, 2.45) is 0 Å². The molecule has 0 unspecified atom stereocenters. The zero-order valence-electron chi connectivity index (χ0n) is 7.14. The molecule has 0 amide bonds. The third kappa shape index (κ3) is 1.44. The third-order valence-corrected chi connectivity index (χ3v) is 1.89. The first-order valence-electron chi connectivity index (χ1n) is 4.00. The van der Waals surface area contributed by atoms with Crippen molar-refractivity contribution < 1.29 is 14.3 Å². The number of hydrogen-bond acceptors (Lipinski definition) is 2. The molecule has 1 heterocycles. The average Bonchev–Trinajstić information content (AvgIpc) is 2.47. The lowest BCUT2D eigenvalue weighted by molar-refractivity contribution is -0.137. The van der Waals surface area contributed by atoms with Gasteiger partial charge in [-0.15, -0.1) is 0 Å². The van der Waals surface area contributed by atoms with E-state index >= 15 is 0 Å². The fourth-order valence-corrected chi connectivity index (χ4v) is 1.30. The lowest BCUT2D eigenvalue weighted by atomic mass is 10.2. The van der Waals surface area contributed by atoms with Gasteiger partial charge in [-0.3, -0.25) is 9.48 Å². The highest BCUT2D eigenvalue weighted by Gasteiger charge is 2.06. The molecule has 1 N–H and O–H groups in total. The van der Waals surface area contributed by atoms with Crippen LogP contribution in [-0.4, -0.2) is 20.9 Å². The van der Waals surface area contributed by atoms with Crippen LogP contribution in [0.4, 0.5) is 4.39 Å². The molecule has 0 bridgehead atoms. The molecule has 1 aromatic heterocycles. The summed E-state index contributed by atoms with van der Waals surface area (Å²) in [5.74, 6) is -1.40. The van der Waals surface area contributed by atoms with Crippen molar-refractivity contribution in [1.29, 1.82) is 0 Å². The Kier molecular flexibility index (Phi) is 1.92. The van der Waals surface area contributed by atoms with Gasteiger partial charge in [0.1, 0.15) is 12.4 Å². The minimum atomic E-state index is -1.00. The van der Waals surface area contributed by atoms with Gasteiger partial charge in [0.05, 0.1) is 11.7 Å².